The molecule has 94 valence electrons. The summed E-state index contributed by atoms with van der Waals surface area (Å²) in [7, 11) is 0. The Morgan fingerprint density at radius 2 is 1.74 bits per heavy atom. The summed E-state index contributed by atoms with van der Waals surface area (Å²) in [6, 6.07) is 15.1. The van der Waals surface area contributed by atoms with E-state index in [0.29, 0.717) is 17.5 Å². The van der Waals surface area contributed by atoms with Gasteiger partial charge in [0, 0.05) is 6.20 Å². The summed E-state index contributed by atoms with van der Waals surface area (Å²) in [6.07, 6.45) is 1.68. The second-order valence-electron chi connectivity index (χ2n) is 3.93. The average molecular weight is 272 g/mol. The van der Waals surface area contributed by atoms with Gasteiger partial charge in [-0.25, -0.2) is 0 Å². The molecule has 0 saturated heterocycles. The Morgan fingerprint density at radius 1 is 0.947 bits per heavy atom. The van der Waals surface area contributed by atoms with Crippen LogP contribution in [-0.2, 0) is 0 Å². The minimum absolute atomic E-state index is 0.369. The van der Waals surface area contributed by atoms with Crippen molar-refractivity contribution in [2.75, 3.05) is 0 Å². The third kappa shape index (κ3) is 2.48. The highest BCUT2D eigenvalue weighted by Crippen LogP contribution is 2.29. The summed E-state index contributed by atoms with van der Waals surface area (Å²) in [6.45, 7) is 0. The summed E-state index contributed by atoms with van der Waals surface area (Å²) in [5.41, 5.74) is 1.55. The van der Waals surface area contributed by atoms with Crippen LogP contribution in [0.3, 0.4) is 0 Å². The van der Waals surface area contributed by atoms with E-state index in [1.165, 1.54) is 0 Å². The largest absolute Gasteiger partial charge is 0.417 e. The molecule has 0 aliphatic rings. The fourth-order valence-electron chi connectivity index (χ4n) is 1.69. The Bertz CT molecular complexity index is 655. The first-order valence-corrected chi connectivity index (χ1v) is 6.22. The van der Waals surface area contributed by atoms with Crippen molar-refractivity contribution in [3.8, 4) is 11.6 Å². The third-order valence-electron chi connectivity index (χ3n) is 2.63. The van der Waals surface area contributed by atoms with Crippen molar-refractivity contribution in [2.24, 2.45) is 0 Å². The van der Waals surface area contributed by atoms with Crippen LogP contribution in [0.1, 0.15) is 16.8 Å². The second-order valence-corrected chi connectivity index (χ2v) is 4.37. The molecule has 0 N–H and O–H groups in total. The van der Waals surface area contributed by atoms with Crippen molar-refractivity contribution in [3.63, 3.8) is 0 Å². The van der Waals surface area contributed by atoms with Gasteiger partial charge in [0.25, 0.3) is 5.89 Å². The van der Waals surface area contributed by atoms with Crippen LogP contribution in [0.2, 0.25) is 0 Å². The molecule has 4 nitrogen and oxygen atoms in total. The highest BCUT2D eigenvalue weighted by molar-refractivity contribution is 6.22. The maximum absolute atomic E-state index is 6.32. The smallest absolute Gasteiger partial charge is 0.266 e. The van der Waals surface area contributed by atoms with Crippen LogP contribution < -0.4 is 0 Å². The van der Waals surface area contributed by atoms with E-state index >= 15 is 0 Å². The van der Waals surface area contributed by atoms with E-state index in [-0.39, 0.29) is 0 Å². The summed E-state index contributed by atoms with van der Waals surface area (Å²) >= 11 is 6.32. The molecular formula is C14H10ClN3O. The second kappa shape index (κ2) is 5.20. The zero-order chi connectivity index (χ0) is 13.1. The maximum Gasteiger partial charge on any atom is 0.266 e. The quantitative estimate of drug-likeness (QED) is 0.685. The lowest BCUT2D eigenvalue weighted by Crippen LogP contribution is -1.92. The molecule has 19 heavy (non-hydrogen) atoms. The summed E-state index contributed by atoms with van der Waals surface area (Å²) < 4.78 is 5.57. The molecular weight excluding hydrogens is 262 g/mol. The van der Waals surface area contributed by atoms with Gasteiger partial charge in [-0.05, 0) is 17.7 Å². The van der Waals surface area contributed by atoms with Crippen molar-refractivity contribution in [3.05, 3.63) is 66.2 Å². The Balaban J connectivity index is 1.90. The van der Waals surface area contributed by atoms with Crippen LogP contribution in [-0.4, -0.2) is 15.2 Å². The normalized spacial score (nSPS) is 12.3. The number of aromatic nitrogens is 3. The van der Waals surface area contributed by atoms with Crippen LogP contribution in [0.4, 0.5) is 0 Å². The molecule has 0 amide bonds. The Kier molecular flexibility index (Phi) is 3.25. The lowest BCUT2D eigenvalue weighted by molar-refractivity contribution is 0.511. The molecule has 3 rings (SSSR count). The van der Waals surface area contributed by atoms with Crippen LogP contribution in [0.5, 0.6) is 0 Å². The predicted octanol–water partition coefficient (Wildman–Crippen LogP) is 3.46. The van der Waals surface area contributed by atoms with Crippen LogP contribution in [0.15, 0.2) is 59.1 Å². The first kappa shape index (κ1) is 11.9. The van der Waals surface area contributed by atoms with Crippen LogP contribution >= 0.6 is 11.6 Å². The molecule has 1 aromatic carbocycles. The molecule has 0 spiro atoms. The highest BCUT2D eigenvalue weighted by atomic mass is 35.5. The van der Waals surface area contributed by atoms with Crippen LogP contribution in [0, 0.1) is 0 Å². The SMILES string of the molecule is ClC(c1ccccc1)c1nnc(-c2ccccn2)o1. The topological polar surface area (TPSA) is 51.8 Å². The molecule has 1 atom stereocenters. The summed E-state index contributed by atoms with van der Waals surface area (Å²) in [5.74, 6) is 0.741. The van der Waals surface area contributed by atoms with Crippen molar-refractivity contribution in [1.29, 1.82) is 0 Å². The number of rotatable bonds is 3. The van der Waals surface area contributed by atoms with E-state index in [1.54, 1.807) is 6.20 Å². The van der Waals surface area contributed by atoms with Crippen molar-refractivity contribution in [1.82, 2.24) is 15.2 Å². The number of halogens is 1. The molecule has 0 aliphatic carbocycles. The van der Waals surface area contributed by atoms with E-state index in [1.807, 2.05) is 48.5 Å². The van der Waals surface area contributed by atoms with Gasteiger partial charge in [0.2, 0.25) is 5.89 Å². The van der Waals surface area contributed by atoms with Gasteiger partial charge >= 0.3 is 0 Å². The molecule has 0 saturated carbocycles. The van der Waals surface area contributed by atoms with Crippen molar-refractivity contribution < 1.29 is 4.42 Å². The monoisotopic (exact) mass is 271 g/mol. The number of alkyl halides is 1. The van der Waals surface area contributed by atoms with Gasteiger partial charge in [0.1, 0.15) is 11.1 Å². The molecule has 1 unspecified atom stereocenters. The minimum Gasteiger partial charge on any atom is -0.417 e. The van der Waals surface area contributed by atoms with E-state index in [0.717, 1.165) is 5.56 Å². The zero-order valence-corrected chi connectivity index (χ0v) is 10.7. The van der Waals surface area contributed by atoms with E-state index in [9.17, 15) is 0 Å². The number of benzene rings is 1. The summed E-state index contributed by atoms with van der Waals surface area (Å²) in [5, 5.41) is 7.50. The first-order valence-electron chi connectivity index (χ1n) is 5.78. The van der Waals surface area contributed by atoms with Gasteiger partial charge < -0.3 is 4.42 Å². The Hall–Kier alpha value is -2.20. The van der Waals surface area contributed by atoms with Crippen molar-refractivity contribution in [2.45, 2.75) is 5.38 Å². The fraction of sp³-hybridized carbons (Fsp3) is 0.0714. The minimum atomic E-state index is -0.453. The van der Waals surface area contributed by atoms with Gasteiger partial charge in [-0.15, -0.1) is 21.8 Å². The van der Waals surface area contributed by atoms with Gasteiger partial charge in [-0.2, -0.15) is 0 Å². The maximum atomic E-state index is 6.32. The molecule has 2 heterocycles. The fourth-order valence-corrected chi connectivity index (χ4v) is 1.93. The molecule has 2 aromatic heterocycles. The van der Waals surface area contributed by atoms with E-state index in [4.69, 9.17) is 16.0 Å². The molecule has 0 fully saturated rings. The Labute approximate surface area is 115 Å². The lowest BCUT2D eigenvalue weighted by atomic mass is 10.1. The molecule has 3 aromatic rings. The third-order valence-corrected chi connectivity index (χ3v) is 3.07. The molecule has 0 bridgehead atoms. The molecule has 5 heteroatoms. The van der Waals surface area contributed by atoms with Gasteiger partial charge in [-0.3, -0.25) is 4.98 Å². The van der Waals surface area contributed by atoms with Gasteiger partial charge in [0.05, 0.1) is 0 Å². The van der Waals surface area contributed by atoms with E-state index in [2.05, 4.69) is 15.2 Å². The standard InChI is InChI=1S/C14H10ClN3O/c15-12(10-6-2-1-3-7-10)14-18-17-13(19-14)11-8-4-5-9-16-11/h1-9,12H. The number of pyridine rings is 1. The lowest BCUT2D eigenvalue weighted by Gasteiger charge is -2.03. The number of hydrogen-bond acceptors (Lipinski definition) is 4. The van der Waals surface area contributed by atoms with Gasteiger partial charge in [-0.1, -0.05) is 36.4 Å². The van der Waals surface area contributed by atoms with E-state index < -0.39 is 5.38 Å². The number of nitrogens with zero attached hydrogens (tertiary/aromatic N) is 3. The number of hydrogen-bond donors (Lipinski definition) is 0. The predicted molar refractivity (Wildman–Crippen MR) is 71.7 cm³/mol. The molecule has 0 aliphatic heterocycles. The first-order chi connectivity index (χ1) is 9.34. The highest BCUT2D eigenvalue weighted by Gasteiger charge is 2.18. The average Bonchev–Trinajstić information content (AvgIpc) is 2.98. The van der Waals surface area contributed by atoms with Gasteiger partial charge in [0.15, 0.2) is 0 Å². The summed E-state index contributed by atoms with van der Waals surface area (Å²) in [4.78, 5) is 4.16. The van der Waals surface area contributed by atoms with Crippen LogP contribution in [0.25, 0.3) is 11.6 Å². The zero-order valence-electron chi connectivity index (χ0n) is 9.90. The molecule has 0 radical (unpaired) electrons. The Morgan fingerprint density at radius 3 is 2.47 bits per heavy atom. The van der Waals surface area contributed by atoms with Crippen molar-refractivity contribution >= 4 is 11.6 Å².